The van der Waals surface area contributed by atoms with Gasteiger partial charge >= 0.3 is 5.97 Å². The van der Waals surface area contributed by atoms with Gasteiger partial charge in [-0.05, 0) is 14.1 Å². The van der Waals surface area contributed by atoms with Gasteiger partial charge < -0.3 is 38.1 Å². The van der Waals surface area contributed by atoms with E-state index in [-0.39, 0.29) is 6.61 Å². The van der Waals surface area contributed by atoms with Gasteiger partial charge in [0.1, 0.15) is 6.61 Å². The molecule has 0 bridgehead atoms. The lowest BCUT2D eigenvalue weighted by Gasteiger charge is -2.10. The number of nitrogens with zero attached hydrogens (tertiary/aromatic N) is 1. The number of hydrogen-bond acceptors (Lipinski definition) is 9. The molecule has 9 heteroatoms. The Morgan fingerprint density at radius 1 is 0.615 bits per heavy atom. The lowest BCUT2D eigenvalue weighted by molar-refractivity contribution is -0.146. The van der Waals surface area contributed by atoms with Crippen LogP contribution in [-0.2, 0) is 38.0 Å². The number of methoxy groups -OCH3 is 1. The molecule has 9 nitrogen and oxygen atoms in total. The fraction of sp³-hybridized carbons (Fsp3) is 0.941. The van der Waals surface area contributed by atoms with Crippen molar-refractivity contribution in [1.82, 2.24) is 4.90 Å². The van der Waals surface area contributed by atoms with Crippen LogP contribution < -0.4 is 0 Å². The van der Waals surface area contributed by atoms with E-state index >= 15 is 0 Å². The quantitative estimate of drug-likeness (QED) is 0.211. The Morgan fingerprint density at radius 2 is 0.962 bits per heavy atom. The zero-order valence-corrected chi connectivity index (χ0v) is 16.4. The molecule has 156 valence electrons. The van der Waals surface area contributed by atoms with Gasteiger partial charge in [-0.1, -0.05) is 0 Å². The summed E-state index contributed by atoms with van der Waals surface area (Å²) in [5.74, 6) is -0.396. The van der Waals surface area contributed by atoms with Gasteiger partial charge in [0.15, 0.2) is 0 Å². The van der Waals surface area contributed by atoms with Crippen molar-refractivity contribution in [2.24, 2.45) is 0 Å². The molecule has 0 aliphatic carbocycles. The van der Waals surface area contributed by atoms with E-state index in [1.807, 2.05) is 14.1 Å². The summed E-state index contributed by atoms with van der Waals surface area (Å²) in [5.41, 5.74) is 0. The maximum Gasteiger partial charge on any atom is 0.331 e. The highest BCUT2D eigenvalue weighted by atomic mass is 16.6. The van der Waals surface area contributed by atoms with Gasteiger partial charge in [-0.15, -0.1) is 0 Å². The SMILES string of the molecule is COC(=O)COCCOCCOCCOCCOCCOCCN(C)C. The molecule has 0 N–H and O–H groups in total. The highest BCUT2D eigenvalue weighted by Gasteiger charge is 1.99. The van der Waals surface area contributed by atoms with Crippen LogP contribution in [0.4, 0.5) is 0 Å². The van der Waals surface area contributed by atoms with Crippen LogP contribution in [0.3, 0.4) is 0 Å². The van der Waals surface area contributed by atoms with Crippen LogP contribution >= 0.6 is 0 Å². The second-order valence-electron chi connectivity index (χ2n) is 5.49. The van der Waals surface area contributed by atoms with Gasteiger partial charge in [-0.3, -0.25) is 0 Å². The first-order valence-electron chi connectivity index (χ1n) is 8.84. The minimum atomic E-state index is -0.396. The van der Waals surface area contributed by atoms with Gasteiger partial charge in [0.2, 0.25) is 0 Å². The van der Waals surface area contributed by atoms with Crippen molar-refractivity contribution in [3.63, 3.8) is 0 Å². The average Bonchev–Trinajstić information content (AvgIpc) is 2.63. The van der Waals surface area contributed by atoms with Crippen LogP contribution in [0.25, 0.3) is 0 Å². The molecule has 0 aliphatic heterocycles. The van der Waals surface area contributed by atoms with E-state index in [0.29, 0.717) is 72.7 Å². The summed E-state index contributed by atoms with van der Waals surface area (Å²) in [5, 5.41) is 0. The van der Waals surface area contributed by atoms with Crippen molar-refractivity contribution in [2.45, 2.75) is 0 Å². The molecular formula is C17H35NO8. The van der Waals surface area contributed by atoms with E-state index in [1.165, 1.54) is 7.11 Å². The van der Waals surface area contributed by atoms with Crippen molar-refractivity contribution >= 4 is 5.97 Å². The number of rotatable bonds is 20. The summed E-state index contributed by atoms with van der Waals surface area (Å²) < 4.78 is 36.3. The maximum absolute atomic E-state index is 10.8. The predicted molar refractivity (Wildman–Crippen MR) is 95.5 cm³/mol. The molecule has 26 heavy (non-hydrogen) atoms. The van der Waals surface area contributed by atoms with Gasteiger partial charge in [-0.25, -0.2) is 4.79 Å². The zero-order chi connectivity index (χ0) is 19.3. The number of hydrogen-bond donors (Lipinski definition) is 0. The normalized spacial score (nSPS) is 11.2. The van der Waals surface area contributed by atoms with Crippen LogP contribution in [0.5, 0.6) is 0 Å². The predicted octanol–water partition coefficient (Wildman–Crippen LogP) is -0.179. The van der Waals surface area contributed by atoms with Gasteiger partial charge in [0.25, 0.3) is 0 Å². The lowest BCUT2D eigenvalue weighted by atomic mass is 10.6. The molecule has 0 aliphatic rings. The number of likely N-dealkylation sites (N-methyl/N-ethyl adjacent to an activating group) is 1. The first-order valence-corrected chi connectivity index (χ1v) is 8.84. The lowest BCUT2D eigenvalue weighted by Crippen LogP contribution is -2.19. The Morgan fingerprint density at radius 3 is 1.31 bits per heavy atom. The van der Waals surface area contributed by atoms with E-state index < -0.39 is 5.97 Å². The molecule has 0 unspecified atom stereocenters. The maximum atomic E-state index is 10.8. The average molecular weight is 381 g/mol. The summed E-state index contributed by atoms with van der Waals surface area (Å²) >= 11 is 0. The number of esters is 1. The zero-order valence-electron chi connectivity index (χ0n) is 16.4. The highest BCUT2D eigenvalue weighted by molar-refractivity contribution is 5.70. The summed E-state index contributed by atoms with van der Waals surface area (Å²) in [6.07, 6.45) is 0. The standard InChI is InChI=1S/C17H35NO8/c1-18(2)4-5-21-6-7-22-8-9-23-10-11-24-12-13-25-14-15-26-16-17(19)20-3/h4-16H2,1-3H3. The molecular weight excluding hydrogens is 346 g/mol. The van der Waals surface area contributed by atoms with E-state index in [9.17, 15) is 4.79 Å². The molecule has 0 amide bonds. The Labute approximate surface area is 156 Å². The molecule has 0 fully saturated rings. The van der Waals surface area contributed by atoms with Crippen molar-refractivity contribution in [1.29, 1.82) is 0 Å². The number of carbonyl (C=O) groups excluding carboxylic acids is 1. The minimum Gasteiger partial charge on any atom is -0.467 e. The third-order valence-electron chi connectivity index (χ3n) is 2.99. The molecule has 0 radical (unpaired) electrons. The molecule has 0 saturated heterocycles. The van der Waals surface area contributed by atoms with Crippen molar-refractivity contribution < 1.29 is 38.0 Å². The van der Waals surface area contributed by atoms with Crippen LogP contribution in [-0.4, -0.2) is 118 Å². The van der Waals surface area contributed by atoms with Crippen LogP contribution in [0, 0.1) is 0 Å². The molecule has 0 aromatic carbocycles. The fourth-order valence-electron chi connectivity index (χ4n) is 1.56. The summed E-state index contributed by atoms with van der Waals surface area (Å²) in [7, 11) is 5.34. The first kappa shape index (κ1) is 25.2. The van der Waals surface area contributed by atoms with Crippen molar-refractivity contribution in [3.8, 4) is 0 Å². The van der Waals surface area contributed by atoms with Crippen LogP contribution in [0.2, 0.25) is 0 Å². The monoisotopic (exact) mass is 381 g/mol. The molecule has 0 atom stereocenters. The number of ether oxygens (including phenoxy) is 7. The molecule has 0 rings (SSSR count). The van der Waals surface area contributed by atoms with Crippen LogP contribution in [0.1, 0.15) is 0 Å². The van der Waals surface area contributed by atoms with Gasteiger partial charge in [0, 0.05) is 6.54 Å². The summed E-state index contributed by atoms with van der Waals surface area (Å²) in [4.78, 5) is 12.8. The second-order valence-corrected chi connectivity index (χ2v) is 5.49. The smallest absolute Gasteiger partial charge is 0.331 e. The molecule has 0 spiro atoms. The van der Waals surface area contributed by atoms with Crippen molar-refractivity contribution in [2.75, 3.05) is 107 Å². The van der Waals surface area contributed by atoms with Crippen molar-refractivity contribution in [3.05, 3.63) is 0 Å². The third kappa shape index (κ3) is 21.2. The van der Waals surface area contributed by atoms with Gasteiger partial charge in [-0.2, -0.15) is 0 Å². The second kappa shape index (κ2) is 20.5. The highest BCUT2D eigenvalue weighted by Crippen LogP contribution is 1.85. The summed E-state index contributed by atoms with van der Waals surface area (Å²) in [6, 6.07) is 0. The molecule has 0 saturated carbocycles. The third-order valence-corrected chi connectivity index (χ3v) is 2.99. The van der Waals surface area contributed by atoms with E-state index in [0.717, 1.165) is 6.54 Å². The topological polar surface area (TPSA) is 84.9 Å². The first-order chi connectivity index (χ1) is 12.7. The minimum absolute atomic E-state index is 0.0547. The fourth-order valence-corrected chi connectivity index (χ4v) is 1.56. The van der Waals surface area contributed by atoms with E-state index in [1.54, 1.807) is 0 Å². The number of carbonyl (C=O) groups is 1. The van der Waals surface area contributed by atoms with Gasteiger partial charge in [0.05, 0.1) is 79.8 Å². The molecule has 0 aromatic heterocycles. The summed E-state index contributed by atoms with van der Waals surface area (Å²) in [6.45, 7) is 6.58. The van der Waals surface area contributed by atoms with E-state index in [2.05, 4.69) is 9.64 Å². The Balaban J connectivity index is 3.02. The Bertz CT molecular complexity index is 304. The Hall–Kier alpha value is -0.810. The van der Waals surface area contributed by atoms with E-state index in [4.69, 9.17) is 28.4 Å². The largest absolute Gasteiger partial charge is 0.467 e. The van der Waals surface area contributed by atoms with Crippen LogP contribution in [0.15, 0.2) is 0 Å². The molecule has 0 aromatic rings. The molecule has 0 heterocycles. The Kier molecular flexibility index (Phi) is 19.9.